The van der Waals surface area contributed by atoms with Crippen LogP contribution in [0.1, 0.15) is 121 Å². The first-order valence-electron chi connectivity index (χ1n) is 32.4. The van der Waals surface area contributed by atoms with Crippen LogP contribution in [0.3, 0.4) is 0 Å². The molecular formula is C76H45BF29N. The molecule has 107 heavy (non-hydrogen) atoms. The van der Waals surface area contributed by atoms with Crippen molar-refractivity contribution < 1.29 is 133 Å². The lowest BCUT2D eigenvalue weighted by Crippen LogP contribution is -2.84. The van der Waals surface area contributed by atoms with Crippen molar-refractivity contribution >= 4 is 6.15 Å². The highest BCUT2D eigenvalue weighted by Crippen LogP contribution is 2.73. The van der Waals surface area contributed by atoms with E-state index in [0.29, 0.717) is 5.92 Å². The van der Waals surface area contributed by atoms with Crippen LogP contribution in [0.5, 0.6) is 0 Å². The van der Waals surface area contributed by atoms with Crippen molar-refractivity contribution in [3.63, 3.8) is 0 Å². The number of alkyl halides is 1. The Morgan fingerprint density at radius 3 is 0.776 bits per heavy atom. The lowest BCUT2D eigenvalue weighted by Gasteiger charge is -2.60. The molecule has 14 rings (SSSR count). The summed E-state index contributed by atoms with van der Waals surface area (Å²) in [5.41, 5.74) is -35.4. The minimum absolute atomic E-state index is 0.267. The van der Waals surface area contributed by atoms with E-state index in [1.807, 2.05) is 12.1 Å². The molecule has 0 saturated carbocycles. The molecule has 1 nitrogen and oxygen atoms in total. The number of hydrogen-bond donors (Lipinski definition) is 1. The van der Waals surface area contributed by atoms with Crippen LogP contribution in [0.15, 0.2) is 84.9 Å². The van der Waals surface area contributed by atoms with Gasteiger partial charge in [0.15, 0.2) is 163 Å². The van der Waals surface area contributed by atoms with Gasteiger partial charge in [0.2, 0.25) is 6.80 Å². The van der Waals surface area contributed by atoms with E-state index in [4.69, 9.17) is 0 Å². The summed E-state index contributed by atoms with van der Waals surface area (Å²) in [6, 6.07) is 18.3. The smallest absolute Gasteiger partial charge is 0.219 e. The zero-order valence-electron chi connectivity index (χ0n) is 54.6. The van der Waals surface area contributed by atoms with Gasteiger partial charge in [-0.15, -0.1) is 23.3 Å². The predicted molar refractivity (Wildman–Crippen MR) is 331 cm³/mol. The lowest BCUT2D eigenvalue weighted by atomic mass is 9.01. The van der Waals surface area contributed by atoms with Crippen LogP contribution < -0.4 is 5.32 Å². The molecule has 0 spiro atoms. The largest absolute Gasteiger partial charge is 0.320 e. The summed E-state index contributed by atoms with van der Waals surface area (Å²) in [5.74, 6) is -101. The molecule has 0 amide bonds. The van der Waals surface area contributed by atoms with E-state index in [-0.39, 0.29) is 6.80 Å². The first-order chi connectivity index (χ1) is 50.6. The quantitative estimate of drug-likeness (QED) is 0.0367. The van der Waals surface area contributed by atoms with E-state index in [0.717, 1.165) is 12.5 Å². The Balaban J connectivity index is 0.000000346. The van der Waals surface area contributed by atoms with Gasteiger partial charge in [0.05, 0.1) is 12.7 Å². The van der Waals surface area contributed by atoms with Crippen molar-refractivity contribution in [3.8, 4) is 55.6 Å². The van der Waals surface area contributed by atoms with Crippen molar-refractivity contribution in [3.05, 3.63) is 292 Å². The fourth-order valence-corrected chi connectivity index (χ4v) is 16.6. The maximum absolute atomic E-state index is 17.7. The van der Waals surface area contributed by atoms with Crippen molar-refractivity contribution in [2.75, 3.05) is 13.3 Å². The van der Waals surface area contributed by atoms with Gasteiger partial charge in [-0.2, -0.15) is 4.39 Å². The number of halogens is 29. The van der Waals surface area contributed by atoms with Gasteiger partial charge in [0.1, 0.15) is 0 Å². The fourth-order valence-electron chi connectivity index (χ4n) is 16.6. The molecular weight excluding hydrogens is 1490 g/mol. The Kier molecular flexibility index (Phi) is 20.6. The fraction of sp³-hybridized carbons (Fsp3) is 0.211. The maximum atomic E-state index is 17.7. The second kappa shape index (κ2) is 28.7. The average Bonchev–Trinajstić information content (AvgIpc) is 1.48. The maximum Gasteiger partial charge on any atom is 0.219 e. The van der Waals surface area contributed by atoms with Crippen LogP contribution in [0.2, 0.25) is 0 Å². The average molecular weight is 1530 g/mol. The normalized spacial score (nSPS) is 16.5. The van der Waals surface area contributed by atoms with Crippen LogP contribution in [-0.4, -0.2) is 19.5 Å². The minimum atomic E-state index is -6.62. The van der Waals surface area contributed by atoms with E-state index < -0.39 is 306 Å². The molecule has 0 heterocycles. The van der Waals surface area contributed by atoms with E-state index in [1.54, 1.807) is 5.32 Å². The van der Waals surface area contributed by atoms with E-state index in [2.05, 4.69) is 69.3 Å². The number of rotatable bonds is 14. The predicted octanol–water partition coefficient (Wildman–Crippen LogP) is 22.8. The van der Waals surface area contributed by atoms with Gasteiger partial charge in [0.25, 0.3) is 0 Å². The van der Waals surface area contributed by atoms with E-state index >= 15 is 123 Å². The Bertz CT molecular complexity index is 4750. The van der Waals surface area contributed by atoms with Crippen LogP contribution >= 0.6 is 0 Å². The molecule has 10 aromatic rings. The summed E-state index contributed by atoms with van der Waals surface area (Å²) < 4.78 is 474. The van der Waals surface area contributed by atoms with Gasteiger partial charge in [-0.25, -0.2) is 123 Å². The number of nitrogens with two attached hydrogens (primary N) is 1. The second-order valence-electron chi connectivity index (χ2n) is 26.2. The molecule has 0 aromatic heterocycles. The Morgan fingerprint density at radius 1 is 0.299 bits per heavy atom. The van der Waals surface area contributed by atoms with Gasteiger partial charge < -0.3 is 5.32 Å². The molecule has 0 saturated heterocycles. The summed E-state index contributed by atoms with van der Waals surface area (Å²) in [5, 5.41) is 1.76. The Hall–Kier alpha value is -9.81. The summed E-state index contributed by atoms with van der Waals surface area (Å²) in [6.45, 7) is 7.43. The van der Waals surface area contributed by atoms with Gasteiger partial charge in [-0.1, -0.05) is 123 Å². The molecule has 560 valence electrons. The van der Waals surface area contributed by atoms with Crippen molar-refractivity contribution in [1.29, 1.82) is 0 Å². The summed E-state index contributed by atoms with van der Waals surface area (Å²) in [6.07, 6.45) is -0.0894. The second-order valence-corrected chi connectivity index (χ2v) is 26.2. The van der Waals surface area contributed by atoms with Crippen LogP contribution in [-0.2, 0) is 0 Å². The van der Waals surface area contributed by atoms with Crippen molar-refractivity contribution in [2.24, 2.45) is 11.8 Å². The van der Waals surface area contributed by atoms with E-state index in [9.17, 15) is 4.39 Å². The van der Waals surface area contributed by atoms with Crippen LogP contribution in [0.25, 0.3) is 55.6 Å². The molecule has 10 aromatic carbocycles. The van der Waals surface area contributed by atoms with Gasteiger partial charge in [-0.05, 0) is 76.4 Å². The lowest BCUT2D eigenvalue weighted by molar-refractivity contribution is -0.678. The van der Waals surface area contributed by atoms with Crippen molar-refractivity contribution in [1.82, 2.24) is 0 Å². The summed E-state index contributed by atoms with van der Waals surface area (Å²) in [4.78, 5) is 0. The number of benzene rings is 10. The third kappa shape index (κ3) is 11.5. The zero-order chi connectivity index (χ0) is 78.1. The molecule has 0 bridgehead atoms. The van der Waals surface area contributed by atoms with Crippen LogP contribution in [0, 0.1) is 175 Å². The highest BCUT2D eigenvalue weighted by atomic mass is 19.2. The summed E-state index contributed by atoms with van der Waals surface area (Å²) in [7, 11) is 0. The third-order valence-corrected chi connectivity index (χ3v) is 20.8. The first-order valence-corrected chi connectivity index (χ1v) is 32.4. The molecule has 4 aliphatic carbocycles. The van der Waals surface area contributed by atoms with Crippen LogP contribution in [0.4, 0.5) is 127 Å². The zero-order valence-corrected chi connectivity index (χ0v) is 54.6. The molecule has 0 radical (unpaired) electrons. The Morgan fingerprint density at radius 2 is 0.542 bits per heavy atom. The monoisotopic (exact) mass is 1530 g/mol. The SMILES string of the molecule is CCCC(CC)CCC(C)C[NH2+]CF.Fc1cc2c(c(F)c1F)-c1c(F)c(F)c(F)c(F)c1C2[B-](C1c2cc(F)c(F)c(F)c2-c2c(F)c(F)c(F)c(F)c21)(C1c2cc(F)c(F)c(F)c2-c2c(F)c(F)c(F)c(F)c21)C1c2cc(F)c(F)c(F)c2-c2c(F)c(F)c(F)c(F)c21.c1ccc(-c2ccccc2)cc1. The van der Waals surface area contributed by atoms with E-state index in [1.165, 1.54) is 43.2 Å². The Labute approximate surface area is 586 Å². The summed E-state index contributed by atoms with van der Waals surface area (Å²) >= 11 is 0. The number of fused-ring (bicyclic) bond motifs is 12. The van der Waals surface area contributed by atoms with Gasteiger partial charge >= 0.3 is 0 Å². The molecule has 0 fully saturated rings. The number of hydrogen-bond acceptors (Lipinski definition) is 0. The molecule has 4 aliphatic rings. The van der Waals surface area contributed by atoms with Gasteiger partial charge in [0, 0.05) is 50.4 Å². The van der Waals surface area contributed by atoms with Gasteiger partial charge in [-0.3, -0.25) is 0 Å². The molecule has 0 aliphatic heterocycles. The highest BCUT2D eigenvalue weighted by Gasteiger charge is 2.66. The number of quaternary nitrogens is 1. The molecule has 6 atom stereocenters. The third-order valence-electron chi connectivity index (χ3n) is 20.8. The minimum Gasteiger partial charge on any atom is -0.320 e. The first kappa shape index (κ1) is 76.8. The molecule has 2 N–H and O–H groups in total. The molecule has 31 heteroatoms. The highest BCUT2D eigenvalue weighted by molar-refractivity contribution is 6.88. The molecule has 6 unspecified atom stereocenters. The topological polar surface area (TPSA) is 16.6 Å². The van der Waals surface area contributed by atoms with Crippen molar-refractivity contribution in [2.45, 2.75) is 76.1 Å². The standard InChI is InChI=1S/C52H8BF28.C12H26FN.C12H10/c54-9-1-5-13(33(62)29(9)58)17-21(41(70)49(78)45(74)37(17)66)25(5)53(26-6-2-10(55)30(59)34(63)14(6)18-22(26)42(71)50(79)46(75)38(18)67,27-7-3-11(56)31(60)35(64)15(7)19-23(27)43(72)51(80)47(76)39(19)68)28-8-4-12(57)32(61)36(65)16(8)20-24(28)44(73)52(81)48(77)40(20)69;1-4-6-12(5-2)8-7-11(3)9-14-10-13;1-3-7-11(8-4-1)12-9-5-2-6-10-12/h1-4,25-28H;11-12,14H,4-10H2,1-3H3;1-10H/q-1;;/p+1.